The van der Waals surface area contributed by atoms with Gasteiger partial charge >= 0.3 is 5.97 Å². The molecule has 0 aliphatic heterocycles. The first-order valence-corrected chi connectivity index (χ1v) is 4.42. The largest absolute Gasteiger partial charge is 0.367 e. The van der Waals surface area contributed by atoms with Crippen LogP contribution in [-0.4, -0.2) is 12.5 Å². The Balaban J connectivity index is 2.89. The Morgan fingerprint density at radius 1 is 1.64 bits per heavy atom. The van der Waals surface area contributed by atoms with E-state index in [4.69, 9.17) is 11.6 Å². The van der Waals surface area contributed by atoms with Crippen LogP contribution in [0.25, 0.3) is 0 Å². The molecule has 3 nitrogen and oxygen atoms in total. The Morgan fingerprint density at radius 2 is 2.36 bits per heavy atom. The molecule has 0 aromatic heterocycles. The first-order chi connectivity index (χ1) is 6.66. The van der Waals surface area contributed by atoms with Crippen molar-refractivity contribution in [2.45, 2.75) is 6.92 Å². The number of nitrogens with one attached hydrogen (secondary N) is 1. The SMILES string of the molecule is CCNOC(=O)c1c(F)cccc1Cl. The summed E-state index contributed by atoms with van der Waals surface area (Å²) in [5, 5.41) is 0.0351. The highest BCUT2D eigenvalue weighted by Gasteiger charge is 2.16. The first kappa shape index (κ1) is 10.9. The van der Waals surface area contributed by atoms with Crippen molar-refractivity contribution in [3.8, 4) is 0 Å². The maximum absolute atomic E-state index is 13.1. The summed E-state index contributed by atoms with van der Waals surface area (Å²) in [6.07, 6.45) is 0. The molecule has 0 amide bonds. The fourth-order valence-corrected chi connectivity index (χ4v) is 1.12. The maximum atomic E-state index is 13.1. The van der Waals surface area contributed by atoms with Crippen LogP contribution in [0.3, 0.4) is 0 Å². The highest BCUT2D eigenvalue weighted by Crippen LogP contribution is 2.19. The van der Waals surface area contributed by atoms with Gasteiger partial charge in [0.05, 0.1) is 5.02 Å². The molecule has 5 heteroatoms. The Hall–Kier alpha value is -1.13. The Bertz CT molecular complexity index is 323. The standard InChI is InChI=1S/C9H9ClFNO2/c1-2-12-14-9(13)8-6(10)4-3-5-7(8)11/h3-5,12H,2H2,1H3. The Labute approximate surface area is 85.8 Å². The molecule has 76 valence electrons. The highest BCUT2D eigenvalue weighted by atomic mass is 35.5. The third kappa shape index (κ3) is 2.43. The minimum absolute atomic E-state index is 0.0351. The molecule has 0 radical (unpaired) electrons. The maximum Gasteiger partial charge on any atom is 0.361 e. The molecule has 1 aromatic rings. The summed E-state index contributed by atoms with van der Waals surface area (Å²) in [4.78, 5) is 15.8. The van der Waals surface area contributed by atoms with Gasteiger partial charge in [0.25, 0.3) is 0 Å². The van der Waals surface area contributed by atoms with Crippen LogP contribution in [0.15, 0.2) is 18.2 Å². The van der Waals surface area contributed by atoms with Crippen LogP contribution in [0.4, 0.5) is 4.39 Å². The topological polar surface area (TPSA) is 38.3 Å². The number of hydrogen-bond donors (Lipinski definition) is 1. The molecule has 0 spiro atoms. The number of carbonyl (C=O) groups excluding carboxylic acids is 1. The Kier molecular flexibility index (Phi) is 3.85. The first-order valence-electron chi connectivity index (χ1n) is 4.05. The molecular weight excluding hydrogens is 209 g/mol. The van der Waals surface area contributed by atoms with Crippen molar-refractivity contribution in [2.75, 3.05) is 6.54 Å². The molecule has 0 bridgehead atoms. The molecule has 1 aromatic carbocycles. The van der Waals surface area contributed by atoms with E-state index in [9.17, 15) is 9.18 Å². The molecule has 0 unspecified atom stereocenters. The van der Waals surface area contributed by atoms with Crippen LogP contribution in [0, 0.1) is 5.82 Å². The molecule has 1 N–H and O–H groups in total. The van der Waals surface area contributed by atoms with E-state index >= 15 is 0 Å². The van der Waals surface area contributed by atoms with Gasteiger partial charge in [-0.05, 0) is 19.1 Å². The number of benzene rings is 1. The zero-order valence-electron chi connectivity index (χ0n) is 7.51. The van der Waals surface area contributed by atoms with Crippen LogP contribution in [0.1, 0.15) is 17.3 Å². The number of halogens is 2. The Morgan fingerprint density at radius 3 is 2.93 bits per heavy atom. The van der Waals surface area contributed by atoms with E-state index in [1.165, 1.54) is 12.1 Å². The second kappa shape index (κ2) is 4.93. The molecule has 0 heterocycles. The highest BCUT2D eigenvalue weighted by molar-refractivity contribution is 6.33. The summed E-state index contributed by atoms with van der Waals surface area (Å²) in [6, 6.07) is 3.99. The predicted octanol–water partition coefficient (Wildman–Crippen LogP) is 2.16. The summed E-state index contributed by atoms with van der Waals surface area (Å²) >= 11 is 5.63. The minimum atomic E-state index is -0.824. The zero-order valence-corrected chi connectivity index (χ0v) is 8.27. The van der Waals surface area contributed by atoms with Gasteiger partial charge in [0, 0.05) is 6.54 Å². The summed E-state index contributed by atoms with van der Waals surface area (Å²) in [5.74, 6) is -1.52. The lowest BCUT2D eigenvalue weighted by Crippen LogP contribution is -2.20. The molecule has 1 rings (SSSR count). The van der Waals surface area contributed by atoms with Crippen LogP contribution < -0.4 is 5.48 Å². The fourth-order valence-electron chi connectivity index (χ4n) is 0.882. The number of hydroxylamine groups is 1. The number of carbonyl (C=O) groups is 1. The fraction of sp³-hybridized carbons (Fsp3) is 0.222. The van der Waals surface area contributed by atoms with Gasteiger partial charge in [0.1, 0.15) is 11.4 Å². The van der Waals surface area contributed by atoms with Gasteiger partial charge in [-0.15, -0.1) is 0 Å². The van der Waals surface area contributed by atoms with Crippen molar-refractivity contribution < 1.29 is 14.0 Å². The van der Waals surface area contributed by atoms with Crippen LogP contribution in [0.5, 0.6) is 0 Å². The molecule has 0 atom stereocenters. The number of rotatable bonds is 3. The van der Waals surface area contributed by atoms with Crippen molar-refractivity contribution >= 4 is 17.6 Å². The molecule has 0 saturated carbocycles. The average Bonchev–Trinajstić information content (AvgIpc) is 2.14. The summed E-state index contributed by atoms with van der Waals surface area (Å²) in [6.45, 7) is 2.19. The normalized spacial score (nSPS) is 9.93. The summed E-state index contributed by atoms with van der Waals surface area (Å²) in [5.41, 5.74) is 2.07. The monoisotopic (exact) mass is 217 g/mol. The second-order valence-corrected chi connectivity index (χ2v) is 2.89. The van der Waals surface area contributed by atoms with Gasteiger partial charge in [0.2, 0.25) is 0 Å². The van der Waals surface area contributed by atoms with Crippen molar-refractivity contribution in [1.29, 1.82) is 0 Å². The van der Waals surface area contributed by atoms with Gasteiger partial charge < -0.3 is 4.84 Å². The zero-order chi connectivity index (χ0) is 10.6. The summed E-state index contributed by atoms with van der Waals surface area (Å²) in [7, 11) is 0. The third-order valence-electron chi connectivity index (χ3n) is 1.48. The van der Waals surface area contributed by atoms with E-state index in [2.05, 4.69) is 10.3 Å². The predicted molar refractivity (Wildman–Crippen MR) is 50.5 cm³/mol. The second-order valence-electron chi connectivity index (χ2n) is 2.48. The molecule has 0 aliphatic carbocycles. The van der Waals surface area contributed by atoms with Gasteiger partial charge in [-0.3, -0.25) is 0 Å². The van der Waals surface area contributed by atoms with Gasteiger partial charge in [-0.25, -0.2) is 9.18 Å². The van der Waals surface area contributed by atoms with Gasteiger partial charge in [0.15, 0.2) is 0 Å². The molecular formula is C9H9ClFNO2. The minimum Gasteiger partial charge on any atom is -0.367 e. The van der Waals surface area contributed by atoms with Crippen LogP contribution in [0.2, 0.25) is 5.02 Å². The van der Waals surface area contributed by atoms with E-state index in [0.29, 0.717) is 6.54 Å². The van der Waals surface area contributed by atoms with Crippen LogP contribution in [-0.2, 0) is 4.84 Å². The van der Waals surface area contributed by atoms with Crippen molar-refractivity contribution in [3.63, 3.8) is 0 Å². The molecule has 14 heavy (non-hydrogen) atoms. The van der Waals surface area contributed by atoms with Crippen LogP contribution >= 0.6 is 11.6 Å². The van der Waals surface area contributed by atoms with Crippen molar-refractivity contribution in [1.82, 2.24) is 5.48 Å². The van der Waals surface area contributed by atoms with E-state index in [1.807, 2.05) is 0 Å². The van der Waals surface area contributed by atoms with E-state index < -0.39 is 11.8 Å². The molecule has 0 saturated heterocycles. The van der Waals surface area contributed by atoms with Gasteiger partial charge in [-0.2, -0.15) is 5.48 Å². The van der Waals surface area contributed by atoms with E-state index in [-0.39, 0.29) is 10.6 Å². The summed E-state index contributed by atoms with van der Waals surface area (Å²) < 4.78 is 13.1. The lowest BCUT2D eigenvalue weighted by atomic mass is 10.2. The van der Waals surface area contributed by atoms with E-state index in [0.717, 1.165) is 6.07 Å². The quantitative estimate of drug-likeness (QED) is 0.789. The van der Waals surface area contributed by atoms with Gasteiger partial charge in [-0.1, -0.05) is 17.7 Å². The van der Waals surface area contributed by atoms with Crippen molar-refractivity contribution in [2.24, 2.45) is 0 Å². The molecule has 0 aliphatic rings. The smallest absolute Gasteiger partial charge is 0.361 e. The lowest BCUT2D eigenvalue weighted by molar-refractivity contribution is 0.0260. The average molecular weight is 218 g/mol. The molecule has 0 fully saturated rings. The lowest BCUT2D eigenvalue weighted by Gasteiger charge is -2.05. The van der Waals surface area contributed by atoms with E-state index in [1.54, 1.807) is 6.92 Å². The van der Waals surface area contributed by atoms with Crippen molar-refractivity contribution in [3.05, 3.63) is 34.6 Å². The third-order valence-corrected chi connectivity index (χ3v) is 1.79. The number of hydrogen-bond acceptors (Lipinski definition) is 3.